The molecule has 5 nitrogen and oxygen atoms in total. The molecule has 1 aromatic carbocycles. The maximum Gasteiger partial charge on any atom is 0.339 e. The van der Waals surface area contributed by atoms with Gasteiger partial charge in [0.25, 0.3) is 5.56 Å². The van der Waals surface area contributed by atoms with E-state index in [-0.39, 0.29) is 39.0 Å². The maximum atomic E-state index is 13.5. The second-order valence-electron chi connectivity index (χ2n) is 8.54. The van der Waals surface area contributed by atoms with Crippen LogP contribution in [0.2, 0.25) is 0 Å². The van der Waals surface area contributed by atoms with Gasteiger partial charge in [-0.25, -0.2) is 4.79 Å². The van der Waals surface area contributed by atoms with Crippen LogP contribution in [-0.2, 0) is 5.41 Å². The summed E-state index contributed by atoms with van der Waals surface area (Å²) in [5, 5.41) is 10.5. The topological polar surface area (TPSA) is 72.4 Å². The third-order valence-electron chi connectivity index (χ3n) is 7.19. The largest absolute Gasteiger partial charge is 0.507 e. The summed E-state index contributed by atoms with van der Waals surface area (Å²) in [6, 6.07) is 10.5. The van der Waals surface area contributed by atoms with Gasteiger partial charge in [-0.2, -0.15) is 0 Å². The minimum atomic E-state index is -0.634. The van der Waals surface area contributed by atoms with Crippen molar-refractivity contribution in [2.24, 2.45) is 5.41 Å². The Morgan fingerprint density at radius 3 is 2.56 bits per heavy atom. The standard InChI is InChI=1S/C22H21NO4/c1-21(2)13-9-10-22(21,3)19-16(13)18-17(14(24)11-15(25)27-18)20(26)23(19)12-7-5-4-6-8-12/h4-8,11,13,24H,9-10H2,1-3H3. The Labute approximate surface area is 155 Å². The number of aromatic hydroxyl groups is 1. The molecule has 2 bridgehead atoms. The van der Waals surface area contributed by atoms with Crippen molar-refractivity contribution in [2.75, 3.05) is 0 Å². The first-order chi connectivity index (χ1) is 12.8. The smallest absolute Gasteiger partial charge is 0.339 e. The summed E-state index contributed by atoms with van der Waals surface area (Å²) in [5.41, 5.74) is 1.55. The van der Waals surface area contributed by atoms with Crippen molar-refractivity contribution in [3.8, 4) is 11.4 Å². The van der Waals surface area contributed by atoms with Gasteiger partial charge in [0.15, 0.2) is 5.58 Å². The van der Waals surface area contributed by atoms with Gasteiger partial charge in [0.2, 0.25) is 0 Å². The van der Waals surface area contributed by atoms with Gasteiger partial charge in [-0.05, 0) is 36.3 Å². The van der Waals surface area contributed by atoms with E-state index in [1.807, 2.05) is 30.3 Å². The summed E-state index contributed by atoms with van der Waals surface area (Å²) in [4.78, 5) is 25.5. The summed E-state index contributed by atoms with van der Waals surface area (Å²) in [7, 11) is 0. The van der Waals surface area contributed by atoms with Crippen molar-refractivity contribution in [3.05, 3.63) is 68.4 Å². The van der Waals surface area contributed by atoms with Gasteiger partial charge in [0.05, 0.1) is 6.07 Å². The van der Waals surface area contributed by atoms with Gasteiger partial charge in [-0.1, -0.05) is 39.0 Å². The first-order valence-electron chi connectivity index (χ1n) is 9.29. The van der Waals surface area contributed by atoms with Gasteiger partial charge in [0, 0.05) is 22.4 Å². The molecule has 5 heteroatoms. The van der Waals surface area contributed by atoms with E-state index in [2.05, 4.69) is 20.8 Å². The molecular formula is C22H21NO4. The van der Waals surface area contributed by atoms with E-state index >= 15 is 0 Å². The predicted molar refractivity (Wildman–Crippen MR) is 103 cm³/mol. The summed E-state index contributed by atoms with van der Waals surface area (Å²) in [6.07, 6.45) is 1.94. The van der Waals surface area contributed by atoms with Crippen molar-refractivity contribution in [1.29, 1.82) is 0 Å². The average Bonchev–Trinajstić information content (AvgIpc) is 2.94. The number of fused-ring (bicyclic) bond motifs is 7. The quantitative estimate of drug-likeness (QED) is 0.713. The van der Waals surface area contributed by atoms with Crippen LogP contribution in [0.4, 0.5) is 0 Å². The van der Waals surface area contributed by atoms with Gasteiger partial charge in [-0.3, -0.25) is 9.36 Å². The highest BCUT2D eigenvalue weighted by Gasteiger charge is 2.62. The Bertz CT molecular complexity index is 1220. The number of benzene rings is 1. The molecule has 2 aromatic heterocycles. The predicted octanol–water partition coefficient (Wildman–Crippen LogP) is 3.82. The van der Waals surface area contributed by atoms with Crippen LogP contribution < -0.4 is 11.2 Å². The molecular weight excluding hydrogens is 342 g/mol. The van der Waals surface area contributed by atoms with Crippen LogP contribution in [0.1, 0.15) is 50.8 Å². The molecule has 1 N–H and O–H groups in total. The zero-order valence-corrected chi connectivity index (χ0v) is 15.6. The molecule has 138 valence electrons. The number of aromatic nitrogens is 1. The van der Waals surface area contributed by atoms with Crippen LogP contribution in [0.3, 0.4) is 0 Å². The molecule has 2 aliphatic rings. The molecule has 3 aromatic rings. The number of hydrogen-bond donors (Lipinski definition) is 1. The van der Waals surface area contributed by atoms with E-state index in [0.717, 1.165) is 35.9 Å². The van der Waals surface area contributed by atoms with E-state index in [1.165, 1.54) is 0 Å². The zero-order valence-electron chi connectivity index (χ0n) is 15.6. The first kappa shape index (κ1) is 16.4. The maximum absolute atomic E-state index is 13.5. The van der Waals surface area contributed by atoms with Gasteiger partial charge in [-0.15, -0.1) is 0 Å². The third-order valence-corrected chi connectivity index (χ3v) is 7.19. The molecule has 2 unspecified atom stereocenters. The fraction of sp³-hybridized carbons (Fsp3) is 0.364. The molecule has 0 aliphatic heterocycles. The zero-order chi connectivity index (χ0) is 19.1. The normalized spacial score (nSPS) is 25.1. The number of hydrogen-bond acceptors (Lipinski definition) is 4. The molecule has 1 fully saturated rings. The lowest BCUT2D eigenvalue weighted by Gasteiger charge is -2.36. The second kappa shape index (κ2) is 4.91. The van der Waals surface area contributed by atoms with E-state index in [4.69, 9.17) is 4.42 Å². The molecule has 0 amide bonds. The highest BCUT2D eigenvalue weighted by Crippen LogP contribution is 2.68. The fourth-order valence-electron chi connectivity index (χ4n) is 5.44. The molecule has 0 radical (unpaired) electrons. The van der Waals surface area contributed by atoms with Crippen molar-refractivity contribution in [1.82, 2.24) is 4.57 Å². The Hall–Kier alpha value is -2.82. The molecule has 27 heavy (non-hydrogen) atoms. The highest BCUT2D eigenvalue weighted by atomic mass is 16.4. The van der Waals surface area contributed by atoms with Gasteiger partial charge < -0.3 is 9.52 Å². The Kier molecular flexibility index (Phi) is 2.98. The molecule has 2 aliphatic carbocycles. The fourth-order valence-corrected chi connectivity index (χ4v) is 5.44. The van der Waals surface area contributed by atoms with Crippen molar-refractivity contribution < 1.29 is 9.52 Å². The summed E-state index contributed by atoms with van der Waals surface area (Å²) in [5.74, 6) is -0.148. The van der Waals surface area contributed by atoms with E-state index in [9.17, 15) is 14.7 Å². The van der Waals surface area contributed by atoms with Crippen molar-refractivity contribution >= 4 is 11.0 Å². The van der Waals surface area contributed by atoms with E-state index in [1.54, 1.807) is 4.57 Å². The van der Waals surface area contributed by atoms with E-state index in [0.29, 0.717) is 0 Å². The monoisotopic (exact) mass is 363 g/mol. The Morgan fingerprint density at radius 1 is 1.15 bits per heavy atom. The van der Waals surface area contributed by atoms with Crippen LogP contribution in [0, 0.1) is 5.41 Å². The van der Waals surface area contributed by atoms with Crippen LogP contribution >= 0.6 is 0 Å². The molecule has 2 atom stereocenters. The molecule has 2 heterocycles. The van der Waals surface area contributed by atoms with Gasteiger partial charge >= 0.3 is 5.63 Å². The Morgan fingerprint density at radius 2 is 1.85 bits per heavy atom. The lowest BCUT2D eigenvalue weighted by atomic mass is 9.70. The number of rotatable bonds is 1. The first-order valence-corrected chi connectivity index (χ1v) is 9.29. The minimum absolute atomic E-state index is 0.0867. The molecule has 1 saturated carbocycles. The number of pyridine rings is 1. The number of nitrogens with zero attached hydrogens (tertiary/aromatic N) is 1. The van der Waals surface area contributed by atoms with Crippen molar-refractivity contribution in [3.63, 3.8) is 0 Å². The SMILES string of the molecule is CC12CCC(c3c1n(-c1ccccc1)c(=O)c1c(O)cc(=O)oc31)C2(C)C. The Balaban J connectivity index is 2.07. The van der Waals surface area contributed by atoms with Crippen LogP contribution in [0.15, 0.2) is 50.4 Å². The van der Waals surface area contributed by atoms with Crippen molar-refractivity contribution in [2.45, 2.75) is 44.9 Å². The lowest BCUT2D eigenvalue weighted by Crippen LogP contribution is -2.36. The third kappa shape index (κ3) is 1.79. The minimum Gasteiger partial charge on any atom is -0.507 e. The number of para-hydroxylation sites is 1. The summed E-state index contributed by atoms with van der Waals surface area (Å²) < 4.78 is 7.24. The lowest BCUT2D eigenvalue weighted by molar-refractivity contribution is 0.225. The van der Waals surface area contributed by atoms with Crippen LogP contribution in [0.25, 0.3) is 16.7 Å². The average molecular weight is 363 g/mol. The van der Waals surface area contributed by atoms with E-state index < -0.39 is 5.63 Å². The van der Waals surface area contributed by atoms with Gasteiger partial charge in [0.1, 0.15) is 11.1 Å². The molecule has 5 rings (SSSR count). The van der Waals surface area contributed by atoms with Crippen LogP contribution in [0.5, 0.6) is 5.75 Å². The summed E-state index contributed by atoms with van der Waals surface area (Å²) >= 11 is 0. The van der Waals surface area contributed by atoms with Crippen LogP contribution in [-0.4, -0.2) is 9.67 Å². The second-order valence-corrected chi connectivity index (χ2v) is 8.54. The summed E-state index contributed by atoms with van der Waals surface area (Å²) in [6.45, 7) is 6.64. The molecule has 0 saturated heterocycles. The highest BCUT2D eigenvalue weighted by molar-refractivity contribution is 5.87. The molecule has 0 spiro atoms.